The molecule has 19 heavy (non-hydrogen) atoms. The first-order valence-electron chi connectivity index (χ1n) is 5.88. The van der Waals surface area contributed by atoms with Crippen molar-refractivity contribution in [2.45, 2.75) is 13.5 Å². The molecule has 2 N–H and O–H groups in total. The molecule has 96 valence electrons. The fourth-order valence-electron chi connectivity index (χ4n) is 1.73. The van der Waals surface area contributed by atoms with Crippen molar-refractivity contribution in [3.05, 3.63) is 30.3 Å². The first-order valence-corrected chi connectivity index (χ1v) is 5.88. The van der Waals surface area contributed by atoms with E-state index in [-0.39, 0.29) is 5.89 Å². The summed E-state index contributed by atoms with van der Waals surface area (Å²) >= 11 is 0. The highest BCUT2D eigenvalue weighted by Gasteiger charge is 2.18. The van der Waals surface area contributed by atoms with Crippen LogP contribution in [0, 0.1) is 0 Å². The molecule has 0 atom stereocenters. The van der Waals surface area contributed by atoms with Gasteiger partial charge in [0.15, 0.2) is 11.5 Å². The molecule has 0 aliphatic rings. The minimum atomic E-state index is 0.274. The van der Waals surface area contributed by atoms with Crippen molar-refractivity contribution in [2.24, 2.45) is 0 Å². The van der Waals surface area contributed by atoms with E-state index in [1.165, 1.54) is 0 Å². The third kappa shape index (κ3) is 1.95. The zero-order valence-electron chi connectivity index (χ0n) is 10.3. The number of nitrogens with zero attached hydrogens (tertiary/aromatic N) is 5. The highest BCUT2D eigenvalue weighted by molar-refractivity contribution is 5.64. The second-order valence-electron chi connectivity index (χ2n) is 3.93. The second-order valence-corrected chi connectivity index (χ2v) is 3.93. The molecule has 0 aliphatic heterocycles. The molecule has 0 aliphatic carbocycles. The molecule has 0 unspecified atom stereocenters. The number of benzene rings is 1. The summed E-state index contributed by atoms with van der Waals surface area (Å²) in [5.41, 5.74) is 7.19. The summed E-state index contributed by atoms with van der Waals surface area (Å²) < 4.78 is 6.76. The molecule has 0 saturated carbocycles. The predicted octanol–water partition coefficient (Wildman–Crippen LogP) is 1.60. The number of aromatic nitrogens is 5. The summed E-state index contributed by atoms with van der Waals surface area (Å²) in [5, 5.41) is 11.8. The van der Waals surface area contributed by atoms with Crippen LogP contribution in [0.15, 0.2) is 34.9 Å². The lowest BCUT2D eigenvalue weighted by atomic mass is 10.2. The lowest BCUT2D eigenvalue weighted by Gasteiger charge is -1.95. The molecule has 2 heterocycles. The lowest BCUT2D eigenvalue weighted by Crippen LogP contribution is -2.02. The van der Waals surface area contributed by atoms with E-state index in [4.69, 9.17) is 10.3 Å². The van der Waals surface area contributed by atoms with Crippen molar-refractivity contribution in [3.8, 4) is 23.0 Å². The maximum absolute atomic E-state index is 5.90. The Labute approximate surface area is 109 Å². The van der Waals surface area contributed by atoms with Gasteiger partial charge in [-0.1, -0.05) is 40.7 Å². The van der Waals surface area contributed by atoms with Gasteiger partial charge in [-0.05, 0) is 6.92 Å². The minimum absolute atomic E-state index is 0.274. The Hall–Kier alpha value is -2.70. The Morgan fingerprint density at radius 3 is 2.74 bits per heavy atom. The number of rotatable bonds is 3. The molecule has 0 bridgehead atoms. The van der Waals surface area contributed by atoms with Crippen LogP contribution in [0.2, 0.25) is 0 Å². The van der Waals surface area contributed by atoms with E-state index in [0.29, 0.717) is 23.9 Å². The average Bonchev–Trinajstić information content (AvgIpc) is 3.06. The van der Waals surface area contributed by atoms with Gasteiger partial charge in [0.25, 0.3) is 5.89 Å². The van der Waals surface area contributed by atoms with Crippen molar-refractivity contribution in [2.75, 3.05) is 5.73 Å². The third-order valence-corrected chi connectivity index (χ3v) is 2.73. The molecule has 7 heteroatoms. The van der Waals surface area contributed by atoms with Gasteiger partial charge >= 0.3 is 0 Å². The van der Waals surface area contributed by atoms with Crippen LogP contribution in [0.5, 0.6) is 0 Å². The number of hydrogen-bond acceptors (Lipinski definition) is 6. The van der Waals surface area contributed by atoms with Crippen molar-refractivity contribution in [1.82, 2.24) is 25.1 Å². The fourth-order valence-corrected chi connectivity index (χ4v) is 1.73. The molecule has 3 aromatic rings. The van der Waals surface area contributed by atoms with E-state index in [0.717, 1.165) is 5.56 Å². The van der Waals surface area contributed by atoms with Crippen molar-refractivity contribution < 1.29 is 4.52 Å². The van der Waals surface area contributed by atoms with Crippen LogP contribution < -0.4 is 5.73 Å². The van der Waals surface area contributed by atoms with E-state index in [2.05, 4.69) is 20.5 Å². The number of aryl methyl sites for hydroxylation is 1. The summed E-state index contributed by atoms with van der Waals surface area (Å²) in [6.45, 7) is 2.57. The zero-order chi connectivity index (χ0) is 13.2. The molecule has 0 amide bonds. The monoisotopic (exact) mass is 256 g/mol. The fraction of sp³-hybridized carbons (Fsp3) is 0.167. The van der Waals surface area contributed by atoms with Crippen LogP contribution >= 0.6 is 0 Å². The molecular formula is C12H12N6O. The van der Waals surface area contributed by atoms with Gasteiger partial charge in [0.1, 0.15) is 0 Å². The normalized spacial score (nSPS) is 10.8. The van der Waals surface area contributed by atoms with Crippen LogP contribution in [0.25, 0.3) is 23.0 Å². The van der Waals surface area contributed by atoms with Crippen LogP contribution in [0.3, 0.4) is 0 Å². The Morgan fingerprint density at radius 2 is 2.05 bits per heavy atom. The van der Waals surface area contributed by atoms with Crippen LogP contribution in [0.4, 0.5) is 5.82 Å². The molecule has 3 rings (SSSR count). The second kappa shape index (κ2) is 4.52. The van der Waals surface area contributed by atoms with E-state index in [9.17, 15) is 0 Å². The zero-order valence-corrected chi connectivity index (χ0v) is 10.3. The maximum atomic E-state index is 5.90. The van der Waals surface area contributed by atoms with Crippen molar-refractivity contribution in [1.29, 1.82) is 0 Å². The molecule has 0 saturated heterocycles. The summed E-state index contributed by atoms with van der Waals surface area (Å²) in [7, 11) is 0. The molecule has 1 aromatic carbocycles. The lowest BCUT2D eigenvalue weighted by molar-refractivity contribution is 0.431. The number of nitrogen functional groups attached to an aromatic ring is 1. The number of hydrogen-bond donors (Lipinski definition) is 1. The molecule has 2 aromatic heterocycles. The number of anilines is 1. The van der Waals surface area contributed by atoms with Crippen LogP contribution in [0.1, 0.15) is 6.92 Å². The van der Waals surface area contributed by atoms with Crippen molar-refractivity contribution in [3.63, 3.8) is 0 Å². The van der Waals surface area contributed by atoms with E-state index in [1.807, 2.05) is 37.3 Å². The van der Waals surface area contributed by atoms with Crippen LogP contribution in [-0.2, 0) is 6.54 Å². The topological polar surface area (TPSA) is 95.6 Å². The van der Waals surface area contributed by atoms with Crippen LogP contribution in [-0.4, -0.2) is 25.1 Å². The van der Waals surface area contributed by atoms with Gasteiger partial charge in [-0.3, -0.25) is 0 Å². The minimum Gasteiger partial charge on any atom is -0.382 e. The highest BCUT2D eigenvalue weighted by atomic mass is 16.5. The van der Waals surface area contributed by atoms with Gasteiger partial charge in [0.05, 0.1) is 0 Å². The molecule has 7 nitrogen and oxygen atoms in total. The number of nitrogens with two attached hydrogens (primary N) is 1. The van der Waals surface area contributed by atoms with Gasteiger partial charge in [0.2, 0.25) is 5.82 Å². The van der Waals surface area contributed by atoms with Gasteiger partial charge in [0, 0.05) is 12.1 Å². The molecular weight excluding hydrogens is 244 g/mol. The summed E-state index contributed by atoms with van der Waals surface area (Å²) in [4.78, 5) is 4.29. The smallest absolute Gasteiger partial charge is 0.282 e. The molecule has 0 fully saturated rings. The van der Waals surface area contributed by atoms with Gasteiger partial charge < -0.3 is 10.3 Å². The quantitative estimate of drug-likeness (QED) is 0.764. The summed E-state index contributed by atoms with van der Waals surface area (Å²) in [6.07, 6.45) is 0. The van der Waals surface area contributed by atoms with Gasteiger partial charge in [-0.2, -0.15) is 4.98 Å². The maximum Gasteiger partial charge on any atom is 0.282 e. The molecule has 0 radical (unpaired) electrons. The predicted molar refractivity (Wildman–Crippen MR) is 68.8 cm³/mol. The summed E-state index contributed by atoms with van der Waals surface area (Å²) in [5.74, 6) is 1.20. The first-order chi connectivity index (χ1) is 9.29. The Balaban J connectivity index is 1.99. The van der Waals surface area contributed by atoms with E-state index in [1.54, 1.807) is 4.68 Å². The van der Waals surface area contributed by atoms with Gasteiger partial charge in [-0.25, -0.2) is 4.68 Å². The van der Waals surface area contributed by atoms with Crippen molar-refractivity contribution >= 4 is 5.82 Å². The van der Waals surface area contributed by atoms with E-state index < -0.39 is 0 Å². The standard InChI is InChI=1S/C12H12N6O/c1-2-18-10(13)9(15-17-18)12-14-11(16-19-12)8-6-4-3-5-7-8/h3-7H,2,13H2,1H3. The largest absolute Gasteiger partial charge is 0.382 e. The van der Waals surface area contributed by atoms with E-state index >= 15 is 0 Å². The SMILES string of the molecule is CCn1nnc(-c2nc(-c3ccccc3)no2)c1N. The first kappa shape index (κ1) is 11.4. The average molecular weight is 256 g/mol. The Morgan fingerprint density at radius 1 is 1.26 bits per heavy atom. The summed E-state index contributed by atoms with van der Waals surface area (Å²) in [6, 6.07) is 9.55. The third-order valence-electron chi connectivity index (χ3n) is 2.73. The highest BCUT2D eigenvalue weighted by Crippen LogP contribution is 2.24. The molecule has 0 spiro atoms. The Bertz CT molecular complexity index is 687. The van der Waals surface area contributed by atoms with Gasteiger partial charge in [-0.15, -0.1) is 5.10 Å². The Kier molecular flexibility index (Phi) is 2.71.